The molecule has 12 nitrogen and oxygen atoms in total. The van der Waals surface area contributed by atoms with Gasteiger partial charge in [0.05, 0.1) is 19.3 Å². The van der Waals surface area contributed by atoms with Gasteiger partial charge in [0.25, 0.3) is 0 Å². The van der Waals surface area contributed by atoms with Crippen LogP contribution in [-0.2, 0) is 26.5 Å². The summed E-state index contributed by atoms with van der Waals surface area (Å²) in [7, 11) is 0. The van der Waals surface area contributed by atoms with Gasteiger partial charge in [-0.15, -0.1) is 0 Å². The molecule has 4 heterocycles. The van der Waals surface area contributed by atoms with E-state index in [4.69, 9.17) is 18.9 Å². The quantitative estimate of drug-likeness (QED) is 0.193. The number of aromatic nitrogens is 3. The molecule has 0 aliphatic carbocycles. The van der Waals surface area contributed by atoms with Crippen LogP contribution < -0.4 is 19.4 Å². The van der Waals surface area contributed by atoms with Gasteiger partial charge in [-0.3, -0.25) is 4.90 Å². The van der Waals surface area contributed by atoms with Crippen LogP contribution in [0.5, 0.6) is 5.75 Å². The lowest BCUT2D eigenvalue weighted by Gasteiger charge is -2.37. The molecule has 3 saturated heterocycles. The highest BCUT2D eigenvalue weighted by Crippen LogP contribution is 2.38. The highest BCUT2D eigenvalue weighted by molar-refractivity contribution is 5.94. The number of hydrogen-bond acceptors (Lipinski definition) is 9. The number of carbonyl (C=O) groups is 1. The lowest BCUT2D eigenvalue weighted by atomic mass is 10.0. The highest BCUT2D eigenvalue weighted by atomic mass is 19.1. The number of rotatable bonds is 13. The van der Waals surface area contributed by atoms with E-state index in [-0.39, 0.29) is 37.5 Å². The zero-order valence-corrected chi connectivity index (χ0v) is 28.9. The minimum absolute atomic E-state index is 0.0287. The number of ether oxygens (including phenoxy) is 4. The fourth-order valence-corrected chi connectivity index (χ4v) is 6.72. The molecule has 0 N–H and O–H groups in total. The summed E-state index contributed by atoms with van der Waals surface area (Å²) in [6.07, 6.45) is 2.50. The normalized spacial score (nSPS) is 21.0. The van der Waals surface area contributed by atoms with Crippen molar-refractivity contribution >= 4 is 23.1 Å². The molecular formula is C37H43F2N7O5. The van der Waals surface area contributed by atoms with Crippen LogP contribution in [0.25, 0.3) is 0 Å². The summed E-state index contributed by atoms with van der Waals surface area (Å²) in [6.45, 7) is 10.3. The second kappa shape index (κ2) is 15.2. The Kier molecular flexibility index (Phi) is 10.3. The molecule has 1 aromatic heterocycles. The SMILES string of the molecule is CC(C)OCCN1CCN(c2ccc(N3CCN(c4ccc(OCC5COC(Cn6cncn6)(c6ccc(F)cc6F)O5)cc4)CC3)cc2)C1=O. The molecule has 3 aliphatic rings. The third-order valence-electron chi connectivity index (χ3n) is 9.39. The maximum atomic E-state index is 14.9. The molecular weight excluding hydrogens is 660 g/mol. The number of amides is 2. The fourth-order valence-electron chi connectivity index (χ4n) is 6.72. The molecule has 3 aliphatic heterocycles. The molecule has 0 radical (unpaired) electrons. The van der Waals surface area contributed by atoms with Crippen LogP contribution in [0.2, 0.25) is 0 Å². The van der Waals surface area contributed by atoms with E-state index in [0.717, 1.165) is 49.3 Å². The first-order valence-electron chi connectivity index (χ1n) is 17.4. The van der Waals surface area contributed by atoms with Gasteiger partial charge in [0.1, 0.15) is 49.3 Å². The highest BCUT2D eigenvalue weighted by Gasteiger charge is 2.46. The van der Waals surface area contributed by atoms with E-state index < -0.39 is 23.5 Å². The number of carbonyl (C=O) groups excluding carboxylic acids is 1. The summed E-state index contributed by atoms with van der Waals surface area (Å²) in [5, 5.41) is 4.11. The van der Waals surface area contributed by atoms with Crippen LogP contribution in [0.1, 0.15) is 19.4 Å². The standard InChI is InChI=1S/C37H43F2N7O5/c1-27(2)48-20-19-44-17-18-46(36(44)47)31-6-4-29(5-7-31)42-13-15-43(16-14-42)30-8-10-32(11-9-30)49-22-33-23-50-37(51-33,24-45-26-40-25-41-45)34-12-3-28(38)21-35(34)39/h3-12,21,25-27,33H,13-20,22-24H2,1-2H3. The third-order valence-corrected chi connectivity index (χ3v) is 9.39. The minimum Gasteiger partial charge on any atom is -0.491 e. The molecule has 2 unspecified atom stereocenters. The summed E-state index contributed by atoms with van der Waals surface area (Å²) >= 11 is 0. The van der Waals surface area contributed by atoms with Crippen LogP contribution in [0.4, 0.5) is 30.6 Å². The van der Waals surface area contributed by atoms with Gasteiger partial charge in [-0.25, -0.2) is 23.2 Å². The van der Waals surface area contributed by atoms with E-state index in [9.17, 15) is 13.6 Å². The van der Waals surface area contributed by atoms with Gasteiger partial charge in [-0.05, 0) is 74.5 Å². The van der Waals surface area contributed by atoms with Crippen LogP contribution in [0, 0.1) is 11.6 Å². The lowest BCUT2D eigenvalue weighted by molar-refractivity contribution is -0.192. The third kappa shape index (κ3) is 7.92. The number of benzene rings is 3. The molecule has 3 aromatic carbocycles. The van der Waals surface area contributed by atoms with Crippen LogP contribution in [-0.4, -0.2) is 104 Å². The molecule has 0 bridgehead atoms. The van der Waals surface area contributed by atoms with Crippen LogP contribution in [0.3, 0.4) is 0 Å². The van der Waals surface area contributed by atoms with Gasteiger partial charge in [0.2, 0.25) is 5.79 Å². The lowest BCUT2D eigenvalue weighted by Crippen LogP contribution is -2.46. The first-order valence-corrected chi connectivity index (χ1v) is 17.4. The summed E-state index contributed by atoms with van der Waals surface area (Å²) in [5.74, 6) is -2.29. The van der Waals surface area contributed by atoms with Gasteiger partial charge in [-0.1, -0.05) is 0 Å². The van der Waals surface area contributed by atoms with E-state index in [0.29, 0.717) is 32.0 Å². The van der Waals surface area contributed by atoms with E-state index in [1.165, 1.54) is 29.5 Å². The maximum Gasteiger partial charge on any atom is 0.324 e. The van der Waals surface area contributed by atoms with Crippen molar-refractivity contribution in [2.45, 2.75) is 38.4 Å². The Morgan fingerprint density at radius 2 is 1.59 bits per heavy atom. The van der Waals surface area contributed by atoms with Crippen molar-refractivity contribution in [3.63, 3.8) is 0 Å². The van der Waals surface area contributed by atoms with Gasteiger partial charge >= 0.3 is 6.03 Å². The van der Waals surface area contributed by atoms with E-state index in [1.807, 2.05) is 60.0 Å². The van der Waals surface area contributed by atoms with Crippen molar-refractivity contribution in [1.82, 2.24) is 19.7 Å². The summed E-state index contributed by atoms with van der Waals surface area (Å²) in [5.41, 5.74) is 3.24. The monoisotopic (exact) mass is 703 g/mol. The average molecular weight is 704 g/mol. The molecule has 0 saturated carbocycles. The van der Waals surface area contributed by atoms with Crippen molar-refractivity contribution in [2.75, 3.05) is 80.3 Å². The summed E-state index contributed by atoms with van der Waals surface area (Å²) < 4.78 is 54.0. The van der Waals surface area contributed by atoms with E-state index in [2.05, 4.69) is 32.0 Å². The predicted molar refractivity (Wildman–Crippen MR) is 187 cm³/mol. The fraction of sp³-hybridized carbons (Fsp3) is 0.432. The maximum absolute atomic E-state index is 14.9. The second-order valence-electron chi connectivity index (χ2n) is 13.2. The van der Waals surface area contributed by atoms with Crippen LogP contribution in [0.15, 0.2) is 79.4 Å². The minimum atomic E-state index is -1.51. The van der Waals surface area contributed by atoms with Crippen LogP contribution >= 0.6 is 0 Å². The smallest absolute Gasteiger partial charge is 0.324 e. The topological polar surface area (TPSA) is 97.7 Å². The molecule has 2 amide bonds. The van der Waals surface area contributed by atoms with Crippen molar-refractivity contribution in [3.05, 3.63) is 96.6 Å². The van der Waals surface area contributed by atoms with Crippen molar-refractivity contribution in [3.8, 4) is 5.75 Å². The Morgan fingerprint density at radius 1 is 0.902 bits per heavy atom. The molecule has 270 valence electrons. The molecule has 3 fully saturated rings. The molecule has 14 heteroatoms. The molecule has 2 atom stereocenters. The molecule has 51 heavy (non-hydrogen) atoms. The Morgan fingerprint density at radius 3 is 2.24 bits per heavy atom. The Bertz CT molecular complexity index is 1750. The van der Waals surface area contributed by atoms with Gasteiger partial charge in [-0.2, -0.15) is 5.10 Å². The Labute approximate surface area is 296 Å². The van der Waals surface area contributed by atoms with E-state index in [1.54, 1.807) is 0 Å². The Balaban J connectivity index is 0.889. The molecule has 7 rings (SSSR count). The predicted octanol–water partition coefficient (Wildman–Crippen LogP) is 4.90. The van der Waals surface area contributed by atoms with Crippen molar-refractivity contribution in [2.24, 2.45) is 0 Å². The number of halogens is 2. The first kappa shape index (κ1) is 34.6. The number of anilines is 3. The average Bonchev–Trinajstić information content (AvgIpc) is 3.89. The van der Waals surface area contributed by atoms with Crippen molar-refractivity contribution < 1.29 is 32.5 Å². The first-order chi connectivity index (χ1) is 24.8. The zero-order chi connectivity index (χ0) is 35.4. The van der Waals surface area contributed by atoms with Crippen molar-refractivity contribution in [1.29, 1.82) is 0 Å². The zero-order valence-electron chi connectivity index (χ0n) is 28.9. The number of urea groups is 1. The second-order valence-corrected chi connectivity index (χ2v) is 13.2. The summed E-state index contributed by atoms with van der Waals surface area (Å²) in [4.78, 5) is 25.3. The van der Waals surface area contributed by atoms with Gasteiger partial charge < -0.3 is 33.6 Å². The number of hydrogen-bond donors (Lipinski definition) is 0. The number of piperazine rings is 1. The number of nitrogens with zero attached hydrogens (tertiary/aromatic N) is 7. The molecule has 4 aromatic rings. The molecule has 0 spiro atoms. The summed E-state index contributed by atoms with van der Waals surface area (Å²) in [6, 6.07) is 19.6. The van der Waals surface area contributed by atoms with E-state index >= 15 is 0 Å². The largest absolute Gasteiger partial charge is 0.491 e. The van der Waals surface area contributed by atoms with Gasteiger partial charge in [0, 0.05) is 74.5 Å². The van der Waals surface area contributed by atoms with Gasteiger partial charge in [0.15, 0.2) is 0 Å². The Hall–Kier alpha value is -4.79.